The Morgan fingerprint density at radius 1 is 0.917 bits per heavy atom. The van der Waals surface area contributed by atoms with Gasteiger partial charge in [-0.1, -0.05) is 48.5 Å². The first-order valence-corrected chi connectivity index (χ1v) is 7.74. The summed E-state index contributed by atoms with van der Waals surface area (Å²) in [5.74, 6) is 0.638. The van der Waals surface area contributed by atoms with Crippen LogP contribution in [0.1, 0.15) is 22.8 Å². The second kappa shape index (κ2) is 7.01. The number of Topliss-reactive ketones (excluding diaryl/α,β-unsaturated/α-hetero) is 1. The number of ketones is 1. The Morgan fingerprint density at radius 2 is 1.58 bits per heavy atom. The van der Waals surface area contributed by atoms with Crippen LogP contribution >= 0.6 is 0 Å². The summed E-state index contributed by atoms with van der Waals surface area (Å²) in [6.45, 7) is 1.97. The second-order valence-electron chi connectivity index (χ2n) is 5.59. The average Bonchev–Trinajstić information content (AvgIpc) is 2.61. The van der Waals surface area contributed by atoms with E-state index in [-0.39, 0.29) is 11.5 Å². The third-order valence-corrected chi connectivity index (χ3v) is 3.81. The van der Waals surface area contributed by atoms with E-state index >= 15 is 0 Å². The molecule has 3 nitrogen and oxygen atoms in total. The summed E-state index contributed by atoms with van der Waals surface area (Å²) < 4.78 is 5.77. The number of carbonyl (C=O) groups is 1. The van der Waals surface area contributed by atoms with Crippen LogP contribution in [0, 0.1) is 0 Å². The number of benzene rings is 3. The summed E-state index contributed by atoms with van der Waals surface area (Å²) in [7, 11) is 0. The fourth-order valence-electron chi connectivity index (χ4n) is 2.48. The number of aromatic hydroxyl groups is 1. The molecule has 3 aromatic rings. The molecular formula is C21H18O3. The Bertz CT molecular complexity index is 837. The minimum Gasteiger partial charge on any atom is -0.507 e. The van der Waals surface area contributed by atoms with E-state index < -0.39 is 0 Å². The Hall–Kier alpha value is -3.07. The molecule has 0 unspecified atom stereocenters. The molecule has 120 valence electrons. The number of phenolic OH excluding ortho intramolecular Hbond substituents is 1. The van der Waals surface area contributed by atoms with Crippen LogP contribution in [0.5, 0.6) is 11.5 Å². The Balaban J connectivity index is 1.75. The van der Waals surface area contributed by atoms with Gasteiger partial charge in [-0.2, -0.15) is 0 Å². The molecule has 3 aromatic carbocycles. The van der Waals surface area contributed by atoms with E-state index in [1.165, 1.54) is 6.92 Å². The molecule has 0 saturated heterocycles. The molecule has 24 heavy (non-hydrogen) atoms. The quantitative estimate of drug-likeness (QED) is 0.685. The van der Waals surface area contributed by atoms with Crippen molar-refractivity contribution in [3.8, 4) is 22.6 Å². The molecule has 0 saturated carbocycles. The topological polar surface area (TPSA) is 46.5 Å². The smallest absolute Gasteiger partial charge is 0.163 e. The molecule has 1 N–H and O–H groups in total. The van der Waals surface area contributed by atoms with Crippen LogP contribution in [-0.4, -0.2) is 10.9 Å². The molecule has 0 atom stereocenters. The number of phenols is 1. The van der Waals surface area contributed by atoms with Gasteiger partial charge in [0.25, 0.3) is 0 Å². The van der Waals surface area contributed by atoms with Crippen LogP contribution in [0.4, 0.5) is 0 Å². The van der Waals surface area contributed by atoms with Crippen LogP contribution in [0.3, 0.4) is 0 Å². The lowest BCUT2D eigenvalue weighted by atomic mass is 10.0. The van der Waals surface area contributed by atoms with Crippen LogP contribution in [-0.2, 0) is 6.61 Å². The van der Waals surface area contributed by atoms with Gasteiger partial charge in [0, 0.05) is 0 Å². The highest BCUT2D eigenvalue weighted by molar-refractivity contribution is 5.98. The van der Waals surface area contributed by atoms with Gasteiger partial charge in [-0.3, -0.25) is 4.79 Å². The molecule has 0 bridgehead atoms. The minimum atomic E-state index is -0.155. The van der Waals surface area contributed by atoms with E-state index in [0.717, 1.165) is 22.4 Å². The molecule has 0 aliphatic rings. The normalized spacial score (nSPS) is 10.4. The first-order chi connectivity index (χ1) is 11.6. The molecule has 0 fully saturated rings. The van der Waals surface area contributed by atoms with E-state index in [9.17, 15) is 9.90 Å². The third kappa shape index (κ3) is 3.63. The van der Waals surface area contributed by atoms with Crippen molar-refractivity contribution in [1.82, 2.24) is 0 Å². The lowest BCUT2D eigenvalue weighted by Crippen LogP contribution is -1.95. The van der Waals surface area contributed by atoms with Crippen molar-refractivity contribution in [2.75, 3.05) is 0 Å². The van der Waals surface area contributed by atoms with E-state index in [1.54, 1.807) is 18.2 Å². The number of carbonyl (C=O) groups excluding carboxylic acids is 1. The fraction of sp³-hybridized carbons (Fsp3) is 0.0952. The summed E-state index contributed by atoms with van der Waals surface area (Å²) in [5.41, 5.74) is 3.29. The number of ether oxygens (including phenoxy) is 1. The average molecular weight is 318 g/mol. The van der Waals surface area contributed by atoms with Crippen molar-refractivity contribution in [2.24, 2.45) is 0 Å². The molecule has 3 rings (SSSR count). The second-order valence-corrected chi connectivity index (χ2v) is 5.59. The highest BCUT2D eigenvalue weighted by atomic mass is 16.5. The van der Waals surface area contributed by atoms with Crippen LogP contribution in [0.25, 0.3) is 11.1 Å². The van der Waals surface area contributed by atoms with E-state index in [0.29, 0.717) is 12.2 Å². The lowest BCUT2D eigenvalue weighted by Gasteiger charge is -2.09. The standard InChI is InChI=1S/C21H18O3/c1-15(22)20-13-18(9-12-21(20)23)17-7-10-19(11-8-17)24-14-16-5-3-2-4-6-16/h2-13,23H,14H2,1H3. The zero-order valence-corrected chi connectivity index (χ0v) is 13.4. The van der Waals surface area contributed by atoms with E-state index in [1.807, 2.05) is 54.6 Å². The third-order valence-electron chi connectivity index (χ3n) is 3.81. The van der Waals surface area contributed by atoms with Crippen LogP contribution < -0.4 is 4.74 Å². The predicted molar refractivity (Wildman–Crippen MR) is 94.3 cm³/mol. The van der Waals surface area contributed by atoms with Gasteiger partial charge in [0.15, 0.2) is 5.78 Å². The van der Waals surface area contributed by atoms with Crippen LogP contribution in [0.15, 0.2) is 72.8 Å². The molecule has 0 aliphatic carbocycles. The Labute approximate surface area is 141 Å². The van der Waals surface area contributed by atoms with Gasteiger partial charge in [-0.15, -0.1) is 0 Å². The van der Waals surface area contributed by atoms with E-state index in [4.69, 9.17) is 4.74 Å². The maximum absolute atomic E-state index is 11.5. The van der Waals surface area contributed by atoms with Gasteiger partial charge in [-0.25, -0.2) is 0 Å². The van der Waals surface area contributed by atoms with Crippen molar-refractivity contribution in [3.63, 3.8) is 0 Å². The molecular weight excluding hydrogens is 300 g/mol. The SMILES string of the molecule is CC(=O)c1cc(-c2ccc(OCc3ccccc3)cc2)ccc1O. The monoisotopic (exact) mass is 318 g/mol. The molecule has 0 aromatic heterocycles. The van der Waals surface area contributed by atoms with Gasteiger partial charge in [0.1, 0.15) is 18.1 Å². The summed E-state index contributed by atoms with van der Waals surface area (Å²) in [6, 6.07) is 22.7. The van der Waals surface area contributed by atoms with Gasteiger partial charge in [0.2, 0.25) is 0 Å². The van der Waals surface area contributed by atoms with Crippen molar-refractivity contribution >= 4 is 5.78 Å². The van der Waals surface area contributed by atoms with Gasteiger partial charge in [-0.05, 0) is 47.9 Å². The zero-order valence-electron chi connectivity index (χ0n) is 13.4. The molecule has 0 aliphatic heterocycles. The summed E-state index contributed by atoms with van der Waals surface area (Å²) >= 11 is 0. The highest BCUT2D eigenvalue weighted by Gasteiger charge is 2.08. The van der Waals surface area contributed by atoms with Crippen LogP contribution in [0.2, 0.25) is 0 Å². The predicted octanol–water partition coefficient (Wildman–Crippen LogP) is 4.84. The molecule has 0 heterocycles. The van der Waals surface area contributed by atoms with Crippen molar-refractivity contribution in [2.45, 2.75) is 13.5 Å². The first kappa shape index (κ1) is 15.8. The van der Waals surface area contributed by atoms with Gasteiger partial charge < -0.3 is 9.84 Å². The number of hydrogen-bond acceptors (Lipinski definition) is 3. The fourth-order valence-corrected chi connectivity index (χ4v) is 2.48. The molecule has 0 radical (unpaired) electrons. The molecule has 3 heteroatoms. The Kier molecular flexibility index (Phi) is 4.62. The van der Waals surface area contributed by atoms with E-state index in [2.05, 4.69) is 0 Å². The van der Waals surface area contributed by atoms with Crippen molar-refractivity contribution < 1.29 is 14.6 Å². The summed E-state index contributed by atoms with van der Waals surface area (Å²) in [6.07, 6.45) is 0. The van der Waals surface area contributed by atoms with Gasteiger partial charge >= 0.3 is 0 Å². The molecule has 0 spiro atoms. The largest absolute Gasteiger partial charge is 0.507 e. The summed E-state index contributed by atoms with van der Waals surface area (Å²) in [4.78, 5) is 11.5. The maximum Gasteiger partial charge on any atom is 0.163 e. The highest BCUT2D eigenvalue weighted by Crippen LogP contribution is 2.27. The maximum atomic E-state index is 11.5. The van der Waals surface area contributed by atoms with Crippen molar-refractivity contribution in [3.05, 3.63) is 83.9 Å². The first-order valence-electron chi connectivity index (χ1n) is 7.74. The lowest BCUT2D eigenvalue weighted by molar-refractivity contribution is 0.101. The van der Waals surface area contributed by atoms with Gasteiger partial charge in [0.05, 0.1) is 5.56 Å². The number of hydrogen-bond donors (Lipinski definition) is 1. The summed E-state index contributed by atoms with van der Waals surface area (Å²) in [5, 5.41) is 9.73. The van der Waals surface area contributed by atoms with Crippen molar-refractivity contribution in [1.29, 1.82) is 0 Å². The Morgan fingerprint density at radius 3 is 2.25 bits per heavy atom. The zero-order chi connectivity index (χ0) is 16.9. The number of rotatable bonds is 5. The molecule has 0 amide bonds. The minimum absolute atomic E-state index is 0.00839.